The van der Waals surface area contributed by atoms with E-state index in [1.54, 1.807) is 0 Å². The monoisotopic (exact) mass is 2060 g/mol. The third kappa shape index (κ3) is 80.4. The first-order chi connectivity index (χ1) is 67.6. The van der Waals surface area contributed by atoms with Crippen LogP contribution in [0.4, 0.5) is 11.4 Å². The van der Waals surface area contributed by atoms with Crippen LogP contribution in [0.25, 0.3) is 0 Å². The van der Waals surface area contributed by atoms with Crippen molar-refractivity contribution in [3.05, 3.63) is 160 Å². The number of amides is 6. The first-order valence-corrected chi connectivity index (χ1v) is 56.0. The predicted octanol–water partition coefficient (Wildman–Crippen LogP) is 28.0. The molecule has 148 heavy (non-hydrogen) atoms. The number of allylic oxidation sites excluding steroid dienone is 1. The summed E-state index contributed by atoms with van der Waals surface area (Å²) in [5, 5.41) is 5.46. The first kappa shape index (κ1) is 143. The lowest BCUT2D eigenvalue weighted by atomic mass is 9.88. The largest absolute Gasteiger partial charge is 0.376 e. The smallest absolute Gasteiger partial charge is 0.247 e. The van der Waals surface area contributed by atoms with Gasteiger partial charge in [0.25, 0.3) is 0 Å². The Morgan fingerprint density at radius 2 is 0.736 bits per heavy atom. The van der Waals surface area contributed by atoms with Crippen molar-refractivity contribution in [2.24, 2.45) is 71.4 Å². The summed E-state index contributed by atoms with van der Waals surface area (Å²) < 4.78 is 11.5. The molecule has 20 nitrogen and oxygen atoms in total. The molecule has 8 aliphatic rings. The van der Waals surface area contributed by atoms with E-state index in [9.17, 15) is 33.6 Å². The molecule has 5 aliphatic heterocycles. The molecule has 2 unspecified atom stereocenters. The van der Waals surface area contributed by atoms with Crippen LogP contribution >= 0.6 is 0 Å². The number of carbonyl (C=O) groups excluding carboxylic acids is 7. The van der Waals surface area contributed by atoms with Crippen LogP contribution in [0, 0.1) is 71.4 Å². The SMILES string of the molecule is C.C=CC(=O)C1=CC(OCCC(C)(C)C)C1.C=CC(=O)N1CCCC(OCCC(C)(C)C)C1.C=CC(=O)N1CCN(CC(C)(C)C)CC1.C=CC(=O)N1CCN(CCC(C)(C)C)CC1.C=CC(=O)N1CCN(CCCC(C)(C)C)CC1.C=CC(=O)Nc1ccc(CC(C)(C)C)cc1.C=CC(=O)Nc1ccc(CCC(C)(C)C)cc1.CC(C)(C)C1CC1.CC(C)(C)CC1CC1.CC(C)(C)CN1CCCCC1.CN(C)CC(C)(C)C. The number of hydrogen-bond donors (Lipinski definition) is 2. The van der Waals surface area contributed by atoms with E-state index < -0.39 is 0 Å². The number of carbonyl (C=O) groups is 7. The fourth-order valence-electron chi connectivity index (χ4n) is 17.0. The van der Waals surface area contributed by atoms with Gasteiger partial charge in [0.05, 0.1) is 12.2 Å². The van der Waals surface area contributed by atoms with Crippen LogP contribution in [0.1, 0.15) is 356 Å². The minimum Gasteiger partial charge on any atom is -0.376 e. The van der Waals surface area contributed by atoms with Gasteiger partial charge in [0, 0.05) is 148 Å². The molecule has 2 aromatic carbocycles. The van der Waals surface area contributed by atoms with E-state index in [-0.39, 0.29) is 66.3 Å². The molecule has 2 saturated carbocycles. The van der Waals surface area contributed by atoms with Crippen molar-refractivity contribution in [3.8, 4) is 0 Å². The van der Waals surface area contributed by atoms with Gasteiger partial charge in [-0.05, 0) is 292 Å². The fourth-order valence-corrected chi connectivity index (χ4v) is 17.0. The average molecular weight is 2070 g/mol. The summed E-state index contributed by atoms with van der Waals surface area (Å²) in [7, 11) is 4.20. The number of piperazine rings is 3. The van der Waals surface area contributed by atoms with Crippen LogP contribution in [-0.2, 0) is 55.9 Å². The molecule has 0 bridgehead atoms. The van der Waals surface area contributed by atoms with Crippen molar-refractivity contribution >= 4 is 52.6 Å². The van der Waals surface area contributed by atoms with E-state index in [4.69, 9.17) is 9.47 Å². The minimum atomic E-state index is -0.177. The van der Waals surface area contributed by atoms with Gasteiger partial charge in [-0.1, -0.05) is 325 Å². The highest BCUT2D eigenvalue weighted by Gasteiger charge is 2.34. The number of likely N-dealkylation sites (tertiary alicyclic amines) is 2. The number of nitrogens with zero attached hydrogens (tertiary/aromatic N) is 9. The van der Waals surface area contributed by atoms with Gasteiger partial charge in [-0.2, -0.15) is 0 Å². The highest BCUT2D eigenvalue weighted by molar-refractivity contribution is 6.05. The quantitative estimate of drug-likeness (QED) is 0.0765. The Morgan fingerprint density at radius 1 is 0.365 bits per heavy atom. The van der Waals surface area contributed by atoms with Crippen LogP contribution in [0.5, 0.6) is 0 Å². The maximum Gasteiger partial charge on any atom is 0.247 e. The summed E-state index contributed by atoms with van der Waals surface area (Å²) in [6.07, 6.45) is 35.3. The molecule has 2 aromatic rings. The lowest BCUT2D eigenvalue weighted by Crippen LogP contribution is -2.50. The Balaban J connectivity index is 0. The highest BCUT2D eigenvalue weighted by atomic mass is 16.5. The molecule has 5 saturated heterocycles. The van der Waals surface area contributed by atoms with Crippen LogP contribution in [0.15, 0.2) is 149 Å². The van der Waals surface area contributed by atoms with Gasteiger partial charge < -0.3 is 49.5 Å². The van der Waals surface area contributed by atoms with Gasteiger partial charge in [0.1, 0.15) is 0 Å². The van der Waals surface area contributed by atoms with E-state index in [1.807, 2.05) is 62.1 Å². The number of aryl methyl sites for hydroxylation is 1. The number of benzene rings is 2. The lowest BCUT2D eigenvalue weighted by Gasteiger charge is -2.37. The Kier molecular flexibility index (Phi) is 67.5. The summed E-state index contributed by atoms with van der Waals surface area (Å²) in [5.41, 5.74) is 9.60. The third-order valence-electron chi connectivity index (χ3n) is 25.5. The number of piperidine rings is 2. The van der Waals surface area contributed by atoms with Crippen LogP contribution < -0.4 is 10.6 Å². The minimum absolute atomic E-state index is 0. The number of anilines is 2. The number of hydrogen-bond acceptors (Lipinski definition) is 14. The van der Waals surface area contributed by atoms with Crippen LogP contribution in [-0.4, -0.2) is 262 Å². The maximum atomic E-state index is 11.5. The highest BCUT2D eigenvalue weighted by Crippen LogP contribution is 2.45. The van der Waals surface area contributed by atoms with Gasteiger partial charge in [-0.3, -0.25) is 48.3 Å². The number of nitrogens with one attached hydrogen (secondary N) is 2. The van der Waals surface area contributed by atoms with Crippen molar-refractivity contribution in [2.45, 2.75) is 370 Å². The van der Waals surface area contributed by atoms with Gasteiger partial charge in [0.15, 0.2) is 5.78 Å². The average Bonchev–Trinajstić information content (AvgIpc) is 1.62. The van der Waals surface area contributed by atoms with Crippen molar-refractivity contribution in [1.29, 1.82) is 0 Å². The molecule has 850 valence electrons. The molecule has 0 radical (unpaired) electrons. The Hall–Kier alpha value is -7.43. The number of ether oxygens (including phenoxy) is 2. The predicted molar refractivity (Wildman–Crippen MR) is 638 cm³/mol. The lowest BCUT2D eigenvalue weighted by molar-refractivity contribution is -0.130. The fraction of sp³-hybridized carbons (Fsp3) is 0.727. The van der Waals surface area contributed by atoms with E-state index in [2.05, 4.69) is 336 Å². The molecule has 5 heterocycles. The normalized spacial score (nSPS) is 17.6. The molecule has 10 rings (SSSR count). The molecule has 3 aliphatic carbocycles. The third-order valence-corrected chi connectivity index (χ3v) is 25.5. The second kappa shape index (κ2) is 70.1. The van der Waals surface area contributed by atoms with Gasteiger partial charge >= 0.3 is 0 Å². The zero-order chi connectivity index (χ0) is 113. The van der Waals surface area contributed by atoms with Gasteiger partial charge in [-0.25, -0.2) is 0 Å². The molecule has 6 amide bonds. The summed E-state index contributed by atoms with van der Waals surface area (Å²) in [6, 6.07) is 15.9. The van der Waals surface area contributed by atoms with Crippen molar-refractivity contribution in [2.75, 3.05) is 175 Å². The van der Waals surface area contributed by atoms with Crippen LogP contribution in [0.3, 0.4) is 0 Å². The maximum absolute atomic E-state index is 11.5. The molecule has 2 atom stereocenters. The molecule has 2 N–H and O–H groups in total. The molecule has 7 fully saturated rings. The Morgan fingerprint density at radius 3 is 1.05 bits per heavy atom. The molecule has 0 spiro atoms. The van der Waals surface area contributed by atoms with E-state index in [0.29, 0.717) is 54.1 Å². The summed E-state index contributed by atoms with van der Waals surface area (Å²) >= 11 is 0. The Bertz CT molecular complexity index is 4110. The molecular formula is C128H229N11O9. The second-order valence-corrected chi connectivity index (χ2v) is 55.3. The molecule has 0 aromatic heterocycles. The second-order valence-electron chi connectivity index (χ2n) is 55.3. The summed E-state index contributed by atoms with van der Waals surface area (Å²) in [6.45, 7) is 122. The Labute approximate surface area is 911 Å². The summed E-state index contributed by atoms with van der Waals surface area (Å²) in [4.78, 5) is 98.5. The van der Waals surface area contributed by atoms with Crippen molar-refractivity contribution in [3.63, 3.8) is 0 Å². The van der Waals surface area contributed by atoms with E-state index >= 15 is 0 Å². The topological polar surface area (TPSA) is 191 Å². The van der Waals surface area contributed by atoms with Crippen molar-refractivity contribution < 1.29 is 43.0 Å². The zero-order valence-corrected chi connectivity index (χ0v) is 101. The van der Waals surface area contributed by atoms with E-state index in [1.165, 1.54) is 144 Å². The summed E-state index contributed by atoms with van der Waals surface area (Å²) in [5.74, 6) is 2.04. The number of ketones is 1. The zero-order valence-electron chi connectivity index (χ0n) is 101. The van der Waals surface area contributed by atoms with E-state index in [0.717, 1.165) is 211 Å². The first-order valence-electron chi connectivity index (χ1n) is 56.0. The van der Waals surface area contributed by atoms with Crippen LogP contribution in [0.2, 0.25) is 0 Å². The standard InChI is InChI=1S/C15H21NO.C14H26N2O.C14H25NO2.C14H19NO.C13H24N2O.C13H20O2.C12H22N2O.C10H21N.C8H16.C7H17N.C7H14.CH4/c1-5-14(17)16-13-8-6-12(7-9-13)10-11-15(2,3)4;1-5-13(17)16-11-9-15(10-12-16)8-6-7-14(2,3)4;1-5-13(16)15-9-6-7-12(11-15)17-10-8-14(2,3)4;1-5-13(16)15-12-8-6-11(7-9-12)10-14(2,3)4;1-5-12(16)15-10-8-14(9-11-15)7-6-13(2,3)4;1-5-12(14)10-8-11(9-10)15-7-6-13(2,3)4;1-5-11(15)14-8-6-13(7-9-14)10-12(2,3)4;1-10(2,3)9-11-7-5-4-6-8-11;1-8(2,3)6-7-4-5-7;1-7(2,3)6-8(4)5;1-7(2,3)6-4-5-6;/h5-9H,1,10-11H2,2-4H3,(H,16,17);5H,1,6-12H2,2-4H3;5,12H,1,6-11H2,2-4H3;5-9H,1,10H2,2-4H3,(H,15,16);5H,1,6-11H2,2-4H3;5,8,11H,1,6-7,9H2,2-4H3;5H,1,6-10H2,2-4H3;4-9H2,1-3H3;7H,4-6H2,1-3H3;6H2,1-5H3;6H,4-5H2,1-3H3;1H4. The van der Waals surface area contributed by atoms with Gasteiger partial charge in [-0.15, -0.1) is 0 Å². The molecule has 20 heteroatoms. The number of rotatable bonds is 28. The molecular weight excluding hydrogens is 1840 g/mol. The van der Waals surface area contributed by atoms with Gasteiger partial charge in [0.2, 0.25) is 35.4 Å². The van der Waals surface area contributed by atoms with Crippen molar-refractivity contribution in [1.82, 2.24) is 44.1 Å².